The minimum absolute atomic E-state index is 0.212. The molecule has 5 nitrogen and oxygen atoms in total. The van der Waals surface area contributed by atoms with Crippen molar-refractivity contribution in [3.05, 3.63) is 24.3 Å². The van der Waals surface area contributed by atoms with Crippen molar-refractivity contribution in [1.29, 1.82) is 0 Å². The van der Waals surface area contributed by atoms with Crippen molar-refractivity contribution in [1.82, 2.24) is 0 Å². The molecule has 0 aliphatic heterocycles. The molecule has 1 atom stereocenters. The van der Waals surface area contributed by atoms with E-state index in [-0.39, 0.29) is 5.91 Å². The summed E-state index contributed by atoms with van der Waals surface area (Å²) in [5.74, 6) is 0.394. The smallest absolute Gasteiger partial charge is 0.253 e. The number of hydrogen-bond acceptors (Lipinski definition) is 4. The van der Waals surface area contributed by atoms with E-state index in [1.165, 1.54) is 7.11 Å². The molecule has 17 heavy (non-hydrogen) atoms. The Morgan fingerprint density at radius 3 is 2.82 bits per heavy atom. The van der Waals surface area contributed by atoms with Crippen molar-refractivity contribution in [2.45, 2.75) is 13.0 Å². The van der Waals surface area contributed by atoms with Crippen molar-refractivity contribution in [3.8, 4) is 5.75 Å². The molecule has 0 bridgehead atoms. The molecule has 0 aliphatic carbocycles. The van der Waals surface area contributed by atoms with Crippen molar-refractivity contribution < 1.29 is 14.3 Å². The molecule has 1 aromatic rings. The zero-order valence-corrected chi connectivity index (χ0v) is 10.1. The number of ether oxygens (including phenoxy) is 2. The van der Waals surface area contributed by atoms with E-state index in [2.05, 4.69) is 5.32 Å². The lowest BCUT2D eigenvalue weighted by Gasteiger charge is -2.14. The molecule has 94 valence electrons. The van der Waals surface area contributed by atoms with E-state index < -0.39 is 6.10 Å². The van der Waals surface area contributed by atoms with Crippen LogP contribution < -0.4 is 15.8 Å². The Morgan fingerprint density at radius 1 is 1.47 bits per heavy atom. The lowest BCUT2D eigenvalue weighted by molar-refractivity contribution is -0.124. The lowest BCUT2D eigenvalue weighted by Crippen LogP contribution is -2.26. The molecule has 0 saturated carbocycles. The number of nitrogens with two attached hydrogens (primary N) is 1. The van der Waals surface area contributed by atoms with Gasteiger partial charge in [-0.1, -0.05) is 12.1 Å². The summed E-state index contributed by atoms with van der Waals surface area (Å²) in [6, 6.07) is 7.21. The SMILES string of the molecule is COC(C)C(=O)Nc1ccccc1OCCN. The van der Waals surface area contributed by atoms with Gasteiger partial charge in [-0.2, -0.15) is 0 Å². The summed E-state index contributed by atoms with van der Waals surface area (Å²) in [6.07, 6.45) is -0.502. The zero-order valence-electron chi connectivity index (χ0n) is 10.1. The van der Waals surface area contributed by atoms with Gasteiger partial charge >= 0.3 is 0 Å². The minimum atomic E-state index is -0.502. The van der Waals surface area contributed by atoms with Gasteiger partial charge in [0.2, 0.25) is 0 Å². The number of benzene rings is 1. The fourth-order valence-corrected chi connectivity index (χ4v) is 1.21. The summed E-state index contributed by atoms with van der Waals surface area (Å²) in [5, 5.41) is 2.74. The Balaban J connectivity index is 2.72. The van der Waals surface area contributed by atoms with Crippen molar-refractivity contribution >= 4 is 11.6 Å². The number of carbonyl (C=O) groups is 1. The first kappa shape index (κ1) is 13.5. The quantitative estimate of drug-likeness (QED) is 0.775. The van der Waals surface area contributed by atoms with Crippen LogP contribution in [0.3, 0.4) is 0 Å². The molecule has 0 spiro atoms. The van der Waals surface area contributed by atoms with E-state index in [0.717, 1.165) is 0 Å². The van der Waals surface area contributed by atoms with Crippen LogP contribution in [-0.2, 0) is 9.53 Å². The van der Waals surface area contributed by atoms with E-state index in [0.29, 0.717) is 24.6 Å². The van der Waals surface area contributed by atoms with Crippen LogP contribution in [0.5, 0.6) is 5.75 Å². The highest BCUT2D eigenvalue weighted by Crippen LogP contribution is 2.23. The van der Waals surface area contributed by atoms with E-state index in [1.807, 2.05) is 12.1 Å². The van der Waals surface area contributed by atoms with Crippen LogP contribution in [0.15, 0.2) is 24.3 Å². The van der Waals surface area contributed by atoms with Crippen LogP contribution in [0.25, 0.3) is 0 Å². The van der Waals surface area contributed by atoms with E-state index >= 15 is 0 Å². The predicted molar refractivity (Wildman–Crippen MR) is 66.1 cm³/mol. The van der Waals surface area contributed by atoms with Crippen LogP contribution in [0.1, 0.15) is 6.92 Å². The molecule has 1 rings (SSSR count). The molecule has 0 heterocycles. The van der Waals surface area contributed by atoms with Gasteiger partial charge in [0.1, 0.15) is 18.5 Å². The summed E-state index contributed by atoms with van der Waals surface area (Å²) in [7, 11) is 1.49. The van der Waals surface area contributed by atoms with Crippen molar-refractivity contribution in [2.24, 2.45) is 5.73 Å². The normalized spacial score (nSPS) is 11.9. The van der Waals surface area contributed by atoms with Gasteiger partial charge in [-0.05, 0) is 19.1 Å². The summed E-state index contributed by atoms with van der Waals surface area (Å²) in [4.78, 5) is 11.7. The Kier molecular flexibility index (Phi) is 5.45. The second-order valence-electron chi connectivity index (χ2n) is 3.50. The van der Waals surface area contributed by atoms with Gasteiger partial charge in [0.15, 0.2) is 0 Å². The van der Waals surface area contributed by atoms with Crippen molar-refractivity contribution in [3.63, 3.8) is 0 Å². The van der Waals surface area contributed by atoms with E-state index in [9.17, 15) is 4.79 Å². The maximum absolute atomic E-state index is 11.7. The van der Waals surface area contributed by atoms with Crippen LogP contribution in [0, 0.1) is 0 Å². The van der Waals surface area contributed by atoms with Gasteiger partial charge in [-0.25, -0.2) is 0 Å². The van der Waals surface area contributed by atoms with Crippen LogP contribution in [0.4, 0.5) is 5.69 Å². The van der Waals surface area contributed by atoms with Gasteiger partial charge in [0.05, 0.1) is 5.69 Å². The molecule has 0 aliphatic rings. The summed E-state index contributed by atoms with van der Waals surface area (Å²) >= 11 is 0. The predicted octanol–water partition coefficient (Wildman–Crippen LogP) is 0.997. The van der Waals surface area contributed by atoms with Gasteiger partial charge in [0.25, 0.3) is 5.91 Å². The molecule has 0 fully saturated rings. The molecular weight excluding hydrogens is 220 g/mol. The highest BCUT2D eigenvalue weighted by molar-refractivity contribution is 5.95. The molecule has 0 aromatic heterocycles. The Morgan fingerprint density at radius 2 is 2.18 bits per heavy atom. The summed E-state index contributed by atoms with van der Waals surface area (Å²) in [5.41, 5.74) is 5.99. The maximum atomic E-state index is 11.7. The van der Waals surface area contributed by atoms with E-state index in [1.54, 1.807) is 19.1 Å². The molecule has 1 aromatic carbocycles. The number of carbonyl (C=O) groups excluding carboxylic acids is 1. The number of amides is 1. The lowest BCUT2D eigenvalue weighted by atomic mass is 10.2. The molecule has 0 radical (unpaired) electrons. The fraction of sp³-hybridized carbons (Fsp3) is 0.417. The average molecular weight is 238 g/mol. The largest absolute Gasteiger partial charge is 0.490 e. The molecule has 0 saturated heterocycles. The van der Waals surface area contributed by atoms with Crippen LogP contribution >= 0.6 is 0 Å². The number of methoxy groups -OCH3 is 1. The van der Waals surface area contributed by atoms with Gasteiger partial charge in [0, 0.05) is 13.7 Å². The van der Waals surface area contributed by atoms with Crippen LogP contribution in [0.2, 0.25) is 0 Å². The summed E-state index contributed by atoms with van der Waals surface area (Å²) in [6.45, 7) is 2.52. The topological polar surface area (TPSA) is 73.6 Å². The second-order valence-corrected chi connectivity index (χ2v) is 3.50. The summed E-state index contributed by atoms with van der Waals surface area (Å²) < 4.78 is 10.4. The number of para-hydroxylation sites is 2. The molecule has 1 unspecified atom stereocenters. The maximum Gasteiger partial charge on any atom is 0.253 e. The first-order valence-corrected chi connectivity index (χ1v) is 5.44. The number of rotatable bonds is 6. The third-order valence-electron chi connectivity index (χ3n) is 2.24. The Labute approximate surface area is 101 Å². The third kappa shape index (κ3) is 4.05. The average Bonchev–Trinajstić information content (AvgIpc) is 2.36. The van der Waals surface area contributed by atoms with Gasteiger partial charge < -0.3 is 20.5 Å². The Hall–Kier alpha value is -1.59. The molecular formula is C12H18N2O3. The standard InChI is InChI=1S/C12H18N2O3/c1-9(16-2)12(15)14-10-5-3-4-6-11(10)17-8-7-13/h3-6,9H,7-8,13H2,1-2H3,(H,14,15). The van der Waals surface area contributed by atoms with Gasteiger partial charge in [-0.15, -0.1) is 0 Å². The zero-order chi connectivity index (χ0) is 12.7. The minimum Gasteiger partial charge on any atom is -0.490 e. The highest BCUT2D eigenvalue weighted by Gasteiger charge is 2.13. The van der Waals surface area contributed by atoms with Crippen LogP contribution in [-0.4, -0.2) is 32.3 Å². The second kappa shape index (κ2) is 6.88. The van der Waals surface area contributed by atoms with Gasteiger partial charge in [-0.3, -0.25) is 4.79 Å². The first-order chi connectivity index (χ1) is 8.19. The molecule has 5 heteroatoms. The number of nitrogens with one attached hydrogen (secondary N) is 1. The highest BCUT2D eigenvalue weighted by atomic mass is 16.5. The first-order valence-electron chi connectivity index (χ1n) is 5.44. The monoisotopic (exact) mass is 238 g/mol. The fourth-order valence-electron chi connectivity index (χ4n) is 1.21. The Bertz CT molecular complexity index is 369. The van der Waals surface area contributed by atoms with Crippen molar-refractivity contribution in [2.75, 3.05) is 25.6 Å². The molecule has 1 amide bonds. The molecule has 3 N–H and O–H groups in total. The van der Waals surface area contributed by atoms with E-state index in [4.69, 9.17) is 15.2 Å². The third-order valence-corrected chi connectivity index (χ3v) is 2.24. The number of hydrogen-bond donors (Lipinski definition) is 2. The number of anilines is 1.